The van der Waals surface area contributed by atoms with Gasteiger partial charge in [-0.3, -0.25) is 19.3 Å². The molecule has 0 radical (unpaired) electrons. The Morgan fingerprint density at radius 3 is 2.21 bits per heavy atom. The van der Waals surface area contributed by atoms with E-state index >= 15 is 0 Å². The summed E-state index contributed by atoms with van der Waals surface area (Å²) in [6.07, 6.45) is 1.41. The Hall–Kier alpha value is -3.09. The van der Waals surface area contributed by atoms with Crippen LogP contribution < -0.4 is 4.74 Å². The normalized spacial score (nSPS) is 16.3. The molecule has 2 heterocycles. The van der Waals surface area contributed by atoms with Crippen molar-refractivity contribution in [1.29, 1.82) is 0 Å². The molecule has 0 N–H and O–H groups in total. The van der Waals surface area contributed by atoms with E-state index in [-0.39, 0.29) is 30.2 Å². The van der Waals surface area contributed by atoms with Crippen molar-refractivity contribution in [3.8, 4) is 5.75 Å². The summed E-state index contributed by atoms with van der Waals surface area (Å²) in [5.74, 6) is -0.0861. The third-order valence-electron chi connectivity index (χ3n) is 6.51. The van der Waals surface area contributed by atoms with Crippen LogP contribution in [-0.4, -0.2) is 53.8 Å². The maximum atomic E-state index is 13.1. The Morgan fingerprint density at radius 1 is 0.941 bits per heavy atom. The second kappa shape index (κ2) is 9.28. The fourth-order valence-corrected chi connectivity index (χ4v) is 5.16. The van der Waals surface area contributed by atoms with Crippen LogP contribution in [0.1, 0.15) is 33.6 Å². The summed E-state index contributed by atoms with van der Waals surface area (Å²) in [6.45, 7) is 1.32. The van der Waals surface area contributed by atoms with Gasteiger partial charge in [-0.05, 0) is 54.5 Å². The molecule has 8 heteroatoms. The maximum absolute atomic E-state index is 13.1. The van der Waals surface area contributed by atoms with E-state index in [2.05, 4.69) is 0 Å². The molecular weight excluding hydrogens is 475 g/mol. The Balaban J connectivity index is 1.19. The van der Waals surface area contributed by atoms with E-state index in [0.717, 1.165) is 10.8 Å². The Kier molecular flexibility index (Phi) is 6.19. The SMILES string of the molecule is O=C(COc1ccc(Cl)cc1Cl)N1CCC(CN2C(=O)c3cccc4cccc(c34)C2=O)CC1. The first kappa shape index (κ1) is 22.7. The van der Waals surface area contributed by atoms with E-state index in [9.17, 15) is 14.4 Å². The first-order chi connectivity index (χ1) is 16.4. The van der Waals surface area contributed by atoms with Gasteiger partial charge in [-0.15, -0.1) is 0 Å². The van der Waals surface area contributed by atoms with Crippen molar-refractivity contribution in [3.05, 3.63) is 75.8 Å². The summed E-state index contributed by atoms with van der Waals surface area (Å²) in [6, 6.07) is 15.9. The second-order valence-electron chi connectivity index (χ2n) is 8.62. The van der Waals surface area contributed by atoms with Gasteiger partial charge in [0.15, 0.2) is 6.61 Å². The molecule has 0 aromatic heterocycles. The van der Waals surface area contributed by atoms with Gasteiger partial charge in [-0.25, -0.2) is 0 Å². The monoisotopic (exact) mass is 496 g/mol. The number of carbonyl (C=O) groups excluding carboxylic acids is 3. The molecule has 0 spiro atoms. The predicted octanol–water partition coefficient (Wildman–Crippen LogP) is 5.06. The zero-order valence-corrected chi connectivity index (χ0v) is 19.8. The van der Waals surface area contributed by atoms with Crippen LogP contribution in [-0.2, 0) is 4.79 Å². The highest BCUT2D eigenvalue weighted by atomic mass is 35.5. The van der Waals surface area contributed by atoms with Crippen LogP contribution in [0.2, 0.25) is 10.0 Å². The summed E-state index contributed by atoms with van der Waals surface area (Å²) in [7, 11) is 0. The Bertz CT molecular complexity index is 1250. The van der Waals surface area contributed by atoms with E-state index in [0.29, 0.717) is 59.4 Å². The van der Waals surface area contributed by atoms with E-state index in [4.69, 9.17) is 27.9 Å². The number of rotatable bonds is 5. The number of benzene rings is 3. The van der Waals surface area contributed by atoms with Crippen LogP contribution in [0.25, 0.3) is 10.8 Å². The molecule has 0 saturated carbocycles. The smallest absolute Gasteiger partial charge is 0.261 e. The number of piperidine rings is 1. The summed E-state index contributed by atoms with van der Waals surface area (Å²) < 4.78 is 5.56. The summed E-state index contributed by atoms with van der Waals surface area (Å²) in [5, 5.41) is 2.48. The van der Waals surface area contributed by atoms with Gasteiger partial charge in [0.05, 0.1) is 5.02 Å². The largest absolute Gasteiger partial charge is 0.482 e. The molecule has 0 unspecified atom stereocenters. The van der Waals surface area contributed by atoms with E-state index in [1.807, 2.05) is 24.3 Å². The van der Waals surface area contributed by atoms with Crippen LogP contribution in [0, 0.1) is 5.92 Å². The van der Waals surface area contributed by atoms with Crippen molar-refractivity contribution < 1.29 is 19.1 Å². The van der Waals surface area contributed by atoms with Crippen molar-refractivity contribution in [2.75, 3.05) is 26.2 Å². The molecule has 1 saturated heterocycles. The van der Waals surface area contributed by atoms with Crippen molar-refractivity contribution in [3.63, 3.8) is 0 Å². The second-order valence-corrected chi connectivity index (χ2v) is 9.46. The minimum absolute atomic E-state index is 0.115. The highest BCUT2D eigenvalue weighted by Gasteiger charge is 2.35. The average molecular weight is 497 g/mol. The molecule has 0 aliphatic carbocycles. The number of imide groups is 1. The maximum Gasteiger partial charge on any atom is 0.261 e. The first-order valence-electron chi connectivity index (χ1n) is 11.2. The van der Waals surface area contributed by atoms with Crippen molar-refractivity contribution in [2.45, 2.75) is 12.8 Å². The highest BCUT2D eigenvalue weighted by molar-refractivity contribution is 6.35. The number of carbonyl (C=O) groups is 3. The zero-order valence-electron chi connectivity index (χ0n) is 18.3. The van der Waals surface area contributed by atoms with Crippen molar-refractivity contribution in [2.24, 2.45) is 5.92 Å². The van der Waals surface area contributed by atoms with Crippen LogP contribution in [0.3, 0.4) is 0 Å². The number of hydrogen-bond acceptors (Lipinski definition) is 4. The number of amides is 3. The third kappa shape index (κ3) is 4.24. The van der Waals surface area contributed by atoms with Gasteiger partial charge in [0, 0.05) is 41.2 Å². The van der Waals surface area contributed by atoms with E-state index < -0.39 is 0 Å². The highest BCUT2D eigenvalue weighted by Crippen LogP contribution is 2.32. The minimum atomic E-state index is -0.249. The van der Waals surface area contributed by atoms with Gasteiger partial charge < -0.3 is 9.64 Å². The molecule has 0 bridgehead atoms. The van der Waals surface area contributed by atoms with Crippen molar-refractivity contribution in [1.82, 2.24) is 9.80 Å². The lowest BCUT2D eigenvalue weighted by Crippen LogP contribution is -2.47. The van der Waals surface area contributed by atoms with E-state index in [1.54, 1.807) is 35.2 Å². The minimum Gasteiger partial charge on any atom is -0.482 e. The average Bonchev–Trinajstić information content (AvgIpc) is 2.84. The summed E-state index contributed by atoms with van der Waals surface area (Å²) in [5.41, 5.74) is 1.14. The van der Waals surface area contributed by atoms with Crippen molar-refractivity contribution >= 4 is 51.7 Å². The molecule has 5 rings (SSSR count). The van der Waals surface area contributed by atoms with Gasteiger partial charge in [0.1, 0.15) is 5.75 Å². The Morgan fingerprint density at radius 2 is 1.59 bits per heavy atom. The standard InChI is InChI=1S/C26H22Cl2N2O4/c27-18-7-8-22(21(28)13-18)34-15-23(31)29-11-9-16(10-12-29)14-30-25(32)19-5-1-3-17-4-2-6-20(24(17)19)26(30)33/h1-8,13,16H,9-12,14-15H2. The fourth-order valence-electron chi connectivity index (χ4n) is 4.69. The van der Waals surface area contributed by atoms with Gasteiger partial charge >= 0.3 is 0 Å². The lowest BCUT2D eigenvalue weighted by Gasteiger charge is -2.35. The fraction of sp³-hybridized carbons (Fsp3) is 0.269. The van der Waals surface area contributed by atoms with Crippen LogP contribution >= 0.6 is 23.2 Å². The molecule has 6 nitrogen and oxygen atoms in total. The number of hydrogen-bond donors (Lipinski definition) is 0. The lowest BCUT2D eigenvalue weighted by atomic mass is 9.91. The first-order valence-corrected chi connectivity index (χ1v) is 11.9. The Labute approximate surface area is 207 Å². The number of ether oxygens (including phenoxy) is 1. The van der Waals surface area contributed by atoms with E-state index in [1.165, 1.54) is 4.90 Å². The third-order valence-corrected chi connectivity index (χ3v) is 7.04. The molecule has 2 aliphatic rings. The number of likely N-dealkylation sites (tertiary alicyclic amines) is 1. The zero-order chi connectivity index (χ0) is 23.8. The van der Waals surface area contributed by atoms with Gasteiger partial charge in [0.25, 0.3) is 17.7 Å². The lowest BCUT2D eigenvalue weighted by molar-refractivity contribution is -0.134. The molecule has 3 aromatic rings. The molecular formula is C26H22Cl2N2O4. The van der Waals surface area contributed by atoms with Gasteiger partial charge in [-0.1, -0.05) is 47.5 Å². The molecule has 2 aliphatic heterocycles. The molecule has 0 atom stereocenters. The molecule has 3 amide bonds. The summed E-state index contributed by atoms with van der Waals surface area (Å²) in [4.78, 5) is 42.0. The van der Waals surface area contributed by atoms with Crippen LogP contribution in [0.15, 0.2) is 54.6 Å². The molecule has 34 heavy (non-hydrogen) atoms. The van der Waals surface area contributed by atoms with Crippen LogP contribution in [0.5, 0.6) is 5.75 Å². The number of halogens is 2. The number of nitrogens with zero attached hydrogens (tertiary/aromatic N) is 2. The topological polar surface area (TPSA) is 66.9 Å². The quantitative estimate of drug-likeness (QED) is 0.463. The van der Waals surface area contributed by atoms with Gasteiger partial charge in [-0.2, -0.15) is 0 Å². The van der Waals surface area contributed by atoms with Gasteiger partial charge in [0.2, 0.25) is 0 Å². The molecule has 1 fully saturated rings. The van der Waals surface area contributed by atoms with Crippen LogP contribution in [0.4, 0.5) is 0 Å². The molecule has 3 aromatic carbocycles. The molecule has 174 valence electrons. The summed E-state index contributed by atoms with van der Waals surface area (Å²) >= 11 is 12.0. The predicted molar refractivity (Wildman–Crippen MR) is 131 cm³/mol.